The van der Waals surface area contributed by atoms with Crippen LogP contribution in [0.15, 0.2) is 24.3 Å². The van der Waals surface area contributed by atoms with E-state index >= 15 is 0 Å². The van der Waals surface area contributed by atoms with Crippen molar-refractivity contribution in [1.82, 2.24) is 0 Å². The Morgan fingerprint density at radius 1 is 0.344 bits per heavy atom. The highest BCUT2D eigenvalue weighted by Crippen LogP contribution is 2.17. The van der Waals surface area contributed by atoms with Crippen LogP contribution in [-0.4, -0.2) is 37.9 Å². The predicted octanol–water partition coefficient (Wildman–Crippen LogP) is 19.6. The molecule has 0 radical (unpaired) electrons. The molecule has 1 unspecified atom stereocenters. The Kier molecular flexibility index (Phi) is 54.3. The molecule has 0 aromatic heterocycles. The molecule has 0 bridgehead atoms. The van der Waals surface area contributed by atoms with Crippen molar-refractivity contribution in [3.63, 3.8) is 0 Å². The third-order valence-corrected chi connectivity index (χ3v) is 13.0. The van der Waals surface area contributed by atoms with Crippen LogP contribution in [0.2, 0.25) is 0 Å². The molecule has 0 rings (SSSR count). The minimum atomic E-state index is -0.530. The van der Waals surface area contributed by atoms with Gasteiger partial charge < -0.3 is 14.2 Å². The molecular formula is C59H112O5. The fourth-order valence-corrected chi connectivity index (χ4v) is 8.66. The quantitative estimate of drug-likeness (QED) is 0.0346. The lowest BCUT2D eigenvalue weighted by molar-refractivity contribution is -0.163. The predicted molar refractivity (Wildman–Crippen MR) is 279 cm³/mol. The first-order valence-corrected chi connectivity index (χ1v) is 28.9. The Labute approximate surface area is 400 Å². The van der Waals surface area contributed by atoms with E-state index in [0.29, 0.717) is 26.1 Å². The number of hydrogen-bond acceptors (Lipinski definition) is 5. The lowest BCUT2D eigenvalue weighted by Gasteiger charge is -2.18. The lowest BCUT2D eigenvalue weighted by atomic mass is 10.0. The fourth-order valence-electron chi connectivity index (χ4n) is 8.66. The van der Waals surface area contributed by atoms with Gasteiger partial charge in [0.15, 0.2) is 6.10 Å². The van der Waals surface area contributed by atoms with Gasteiger partial charge >= 0.3 is 11.9 Å². The molecular weight excluding hydrogens is 789 g/mol. The number of hydrogen-bond donors (Lipinski definition) is 0. The van der Waals surface area contributed by atoms with E-state index < -0.39 is 6.10 Å². The number of rotatable bonds is 54. The molecule has 0 fully saturated rings. The van der Waals surface area contributed by atoms with Crippen molar-refractivity contribution < 1.29 is 23.8 Å². The second-order valence-corrected chi connectivity index (χ2v) is 19.6. The Morgan fingerprint density at radius 3 is 1.06 bits per heavy atom. The van der Waals surface area contributed by atoms with Crippen LogP contribution in [0.5, 0.6) is 0 Å². The van der Waals surface area contributed by atoms with E-state index in [1.54, 1.807) is 0 Å². The first kappa shape index (κ1) is 62.4. The monoisotopic (exact) mass is 901 g/mol. The number of unbranched alkanes of at least 4 members (excludes halogenated alkanes) is 39. The van der Waals surface area contributed by atoms with Crippen LogP contribution in [0.3, 0.4) is 0 Å². The van der Waals surface area contributed by atoms with Gasteiger partial charge in [0.05, 0.1) is 6.61 Å². The molecule has 0 aromatic rings. The zero-order valence-corrected chi connectivity index (χ0v) is 43.6. The molecule has 0 spiro atoms. The number of allylic oxidation sites excluding steroid dienone is 4. The molecule has 0 aliphatic rings. The van der Waals surface area contributed by atoms with Crippen molar-refractivity contribution in [2.24, 2.45) is 0 Å². The van der Waals surface area contributed by atoms with Gasteiger partial charge in [-0.25, -0.2) is 0 Å². The zero-order valence-electron chi connectivity index (χ0n) is 43.6. The molecule has 0 amide bonds. The van der Waals surface area contributed by atoms with Crippen molar-refractivity contribution in [3.05, 3.63) is 24.3 Å². The SMILES string of the molecule is CCCCC/C=C\C/C=C\CCCCCCCCCCCC(=O)OCC(COCCCCCCCCCCCCCCCCCCCC)OC(=O)CCCCCCCCCCCCC. The number of carbonyl (C=O) groups excluding carboxylic acids is 2. The van der Waals surface area contributed by atoms with Gasteiger partial charge in [-0.15, -0.1) is 0 Å². The van der Waals surface area contributed by atoms with Crippen molar-refractivity contribution in [1.29, 1.82) is 0 Å². The van der Waals surface area contributed by atoms with Crippen molar-refractivity contribution >= 4 is 11.9 Å². The van der Waals surface area contributed by atoms with E-state index in [1.165, 1.54) is 244 Å². The average molecular weight is 902 g/mol. The zero-order chi connectivity index (χ0) is 46.3. The van der Waals surface area contributed by atoms with Gasteiger partial charge in [0.25, 0.3) is 0 Å². The van der Waals surface area contributed by atoms with Crippen LogP contribution in [0.25, 0.3) is 0 Å². The first-order chi connectivity index (χ1) is 31.6. The summed E-state index contributed by atoms with van der Waals surface area (Å²) in [5.41, 5.74) is 0. The lowest BCUT2D eigenvalue weighted by Crippen LogP contribution is -2.30. The van der Waals surface area contributed by atoms with Crippen LogP contribution < -0.4 is 0 Å². The summed E-state index contributed by atoms with van der Waals surface area (Å²) in [6.07, 6.45) is 66.3. The van der Waals surface area contributed by atoms with Gasteiger partial charge in [0.1, 0.15) is 6.61 Å². The van der Waals surface area contributed by atoms with Gasteiger partial charge in [-0.1, -0.05) is 276 Å². The largest absolute Gasteiger partial charge is 0.462 e. The normalized spacial score (nSPS) is 12.2. The van der Waals surface area contributed by atoms with Crippen molar-refractivity contribution in [3.8, 4) is 0 Å². The van der Waals surface area contributed by atoms with Crippen LogP contribution in [0.4, 0.5) is 0 Å². The van der Waals surface area contributed by atoms with Gasteiger partial charge in [0, 0.05) is 19.4 Å². The number of ether oxygens (including phenoxy) is 3. The molecule has 0 aliphatic heterocycles. The summed E-state index contributed by atoms with van der Waals surface area (Å²) in [5, 5.41) is 0. The molecule has 0 saturated heterocycles. The molecule has 0 N–H and O–H groups in total. The fraction of sp³-hybridized carbons (Fsp3) is 0.898. The van der Waals surface area contributed by atoms with Crippen LogP contribution in [0, 0.1) is 0 Å². The topological polar surface area (TPSA) is 61.8 Å². The third kappa shape index (κ3) is 53.0. The van der Waals surface area contributed by atoms with Gasteiger partial charge in [-0.2, -0.15) is 0 Å². The van der Waals surface area contributed by atoms with Crippen LogP contribution in [-0.2, 0) is 23.8 Å². The average Bonchev–Trinajstić information content (AvgIpc) is 3.30. The summed E-state index contributed by atoms with van der Waals surface area (Å²) < 4.78 is 17.5. The van der Waals surface area contributed by atoms with E-state index in [0.717, 1.165) is 38.5 Å². The van der Waals surface area contributed by atoms with Gasteiger partial charge in [-0.05, 0) is 51.4 Å². The second-order valence-electron chi connectivity index (χ2n) is 19.6. The Bertz CT molecular complexity index is 974. The minimum absolute atomic E-state index is 0.0912. The molecule has 0 aliphatic carbocycles. The first-order valence-electron chi connectivity index (χ1n) is 28.9. The summed E-state index contributed by atoms with van der Waals surface area (Å²) in [6, 6.07) is 0. The molecule has 1 atom stereocenters. The number of carbonyl (C=O) groups is 2. The minimum Gasteiger partial charge on any atom is -0.462 e. The summed E-state index contributed by atoms with van der Waals surface area (Å²) in [4.78, 5) is 25.5. The van der Waals surface area contributed by atoms with Crippen molar-refractivity contribution in [2.45, 2.75) is 322 Å². The molecule has 0 aromatic carbocycles. The second kappa shape index (κ2) is 55.7. The smallest absolute Gasteiger partial charge is 0.306 e. The van der Waals surface area contributed by atoms with E-state index in [9.17, 15) is 9.59 Å². The maximum atomic E-state index is 12.8. The molecule has 5 heteroatoms. The molecule has 64 heavy (non-hydrogen) atoms. The maximum Gasteiger partial charge on any atom is 0.306 e. The molecule has 378 valence electrons. The van der Waals surface area contributed by atoms with Crippen LogP contribution >= 0.6 is 0 Å². The highest BCUT2D eigenvalue weighted by molar-refractivity contribution is 5.70. The molecule has 5 nitrogen and oxygen atoms in total. The van der Waals surface area contributed by atoms with E-state index in [2.05, 4.69) is 45.1 Å². The summed E-state index contributed by atoms with van der Waals surface area (Å²) >= 11 is 0. The van der Waals surface area contributed by atoms with E-state index in [4.69, 9.17) is 14.2 Å². The van der Waals surface area contributed by atoms with Crippen LogP contribution in [0.1, 0.15) is 316 Å². The summed E-state index contributed by atoms with van der Waals surface area (Å²) in [7, 11) is 0. The molecule has 0 heterocycles. The standard InChI is InChI=1S/C59H112O5/c1-4-7-10-13-16-19-22-24-26-28-30-31-33-35-38-40-43-46-49-52-58(60)63-56-57(64-59(61)53-50-47-44-41-37-21-18-15-12-9-6-3)55-62-54-51-48-45-42-39-36-34-32-29-27-25-23-20-17-14-11-8-5-2/h16,19,24,26,57H,4-15,17-18,20-23,25,27-56H2,1-3H3/b19-16-,26-24-. The highest BCUT2D eigenvalue weighted by Gasteiger charge is 2.17. The Hall–Kier alpha value is -1.62. The van der Waals surface area contributed by atoms with E-state index in [1.807, 2.05) is 0 Å². The van der Waals surface area contributed by atoms with E-state index in [-0.39, 0.29) is 18.5 Å². The van der Waals surface area contributed by atoms with Gasteiger partial charge in [0.2, 0.25) is 0 Å². The summed E-state index contributed by atoms with van der Waals surface area (Å²) in [6.45, 7) is 7.87. The Morgan fingerprint density at radius 2 is 0.656 bits per heavy atom. The summed E-state index contributed by atoms with van der Waals surface area (Å²) in [5.74, 6) is -0.381. The maximum absolute atomic E-state index is 12.8. The highest BCUT2D eigenvalue weighted by atomic mass is 16.6. The van der Waals surface area contributed by atoms with Crippen molar-refractivity contribution in [2.75, 3.05) is 19.8 Å². The van der Waals surface area contributed by atoms with Gasteiger partial charge in [-0.3, -0.25) is 9.59 Å². The third-order valence-electron chi connectivity index (χ3n) is 13.0. The number of esters is 2. The molecule has 0 saturated carbocycles. The Balaban J connectivity index is 4.15.